The molecule has 1 aliphatic rings. The lowest BCUT2D eigenvalue weighted by molar-refractivity contribution is 0.0628. The van der Waals surface area contributed by atoms with E-state index in [0.717, 1.165) is 5.56 Å². The monoisotopic (exact) mass is 287 g/mol. The Bertz CT molecular complexity index is 627. The van der Waals surface area contributed by atoms with E-state index in [0.29, 0.717) is 19.4 Å². The standard InChI is InChI=1S/C14H17N5O2/c1-18-9-16-13(17-18)14(21)19-6-4-12(20)11(19)7-10-3-2-5-15-8-10/h2-3,5,8-9,11-12,20H,4,6-7H2,1H3/t11-,12+/m0/s1. The molecule has 0 radical (unpaired) electrons. The lowest BCUT2D eigenvalue weighted by atomic mass is 10.0. The van der Waals surface area contributed by atoms with Crippen LogP contribution in [0.4, 0.5) is 0 Å². The van der Waals surface area contributed by atoms with E-state index < -0.39 is 6.10 Å². The number of amides is 1. The summed E-state index contributed by atoms with van der Waals surface area (Å²) in [6.07, 6.45) is 5.58. The number of pyridine rings is 1. The minimum Gasteiger partial charge on any atom is -0.391 e. The van der Waals surface area contributed by atoms with Gasteiger partial charge in [-0.05, 0) is 24.5 Å². The van der Waals surface area contributed by atoms with Gasteiger partial charge in [0, 0.05) is 26.0 Å². The van der Waals surface area contributed by atoms with E-state index in [9.17, 15) is 9.90 Å². The third-order valence-corrected chi connectivity index (χ3v) is 3.73. The van der Waals surface area contributed by atoms with Crippen LogP contribution in [0.2, 0.25) is 0 Å². The first kappa shape index (κ1) is 13.7. The molecule has 7 heteroatoms. The molecule has 1 aliphatic heterocycles. The lowest BCUT2D eigenvalue weighted by Crippen LogP contribution is -2.41. The molecule has 110 valence electrons. The van der Waals surface area contributed by atoms with Crippen LogP contribution in [-0.2, 0) is 13.5 Å². The predicted octanol–water partition coefficient (Wildman–Crippen LogP) is 0.0282. The fourth-order valence-electron chi connectivity index (χ4n) is 2.66. The maximum Gasteiger partial charge on any atom is 0.293 e. The highest BCUT2D eigenvalue weighted by molar-refractivity contribution is 5.90. The first-order valence-electron chi connectivity index (χ1n) is 6.88. The van der Waals surface area contributed by atoms with Crippen molar-refractivity contribution in [3.05, 3.63) is 42.2 Å². The Kier molecular flexibility index (Phi) is 3.66. The Morgan fingerprint density at radius 2 is 2.38 bits per heavy atom. The predicted molar refractivity (Wildman–Crippen MR) is 74.4 cm³/mol. The molecule has 0 unspecified atom stereocenters. The number of rotatable bonds is 3. The molecule has 0 aromatic carbocycles. The Hall–Kier alpha value is -2.28. The molecule has 1 N–H and O–H groups in total. The van der Waals surface area contributed by atoms with Crippen LogP contribution < -0.4 is 0 Å². The van der Waals surface area contributed by atoms with Crippen molar-refractivity contribution in [2.45, 2.75) is 25.0 Å². The SMILES string of the molecule is Cn1cnc(C(=O)N2CC[C@@H](O)[C@@H]2Cc2cccnc2)n1. The number of aliphatic hydroxyl groups excluding tert-OH is 1. The number of carbonyl (C=O) groups excluding carboxylic acids is 1. The third-order valence-electron chi connectivity index (χ3n) is 3.73. The van der Waals surface area contributed by atoms with Gasteiger partial charge in [-0.15, -0.1) is 5.10 Å². The molecule has 7 nitrogen and oxygen atoms in total. The number of carbonyl (C=O) groups is 1. The zero-order valence-corrected chi connectivity index (χ0v) is 11.8. The van der Waals surface area contributed by atoms with Gasteiger partial charge in [0.15, 0.2) is 0 Å². The number of hydrogen-bond donors (Lipinski definition) is 1. The zero-order valence-electron chi connectivity index (χ0n) is 11.8. The van der Waals surface area contributed by atoms with Crippen LogP contribution in [0, 0.1) is 0 Å². The van der Waals surface area contributed by atoms with E-state index in [-0.39, 0.29) is 17.8 Å². The maximum atomic E-state index is 12.5. The highest BCUT2D eigenvalue weighted by Crippen LogP contribution is 2.23. The maximum absolute atomic E-state index is 12.5. The van der Waals surface area contributed by atoms with Gasteiger partial charge in [0.1, 0.15) is 6.33 Å². The molecule has 2 aromatic heterocycles. The normalized spacial score (nSPS) is 21.7. The summed E-state index contributed by atoms with van der Waals surface area (Å²) in [5.41, 5.74) is 0.996. The average Bonchev–Trinajstić information content (AvgIpc) is 3.07. The van der Waals surface area contributed by atoms with Gasteiger partial charge in [-0.25, -0.2) is 4.98 Å². The van der Waals surface area contributed by atoms with E-state index >= 15 is 0 Å². The highest BCUT2D eigenvalue weighted by Gasteiger charge is 2.37. The second-order valence-corrected chi connectivity index (χ2v) is 5.23. The van der Waals surface area contributed by atoms with Gasteiger partial charge in [-0.1, -0.05) is 6.07 Å². The van der Waals surface area contributed by atoms with Crippen LogP contribution in [0.3, 0.4) is 0 Å². The number of aryl methyl sites for hydroxylation is 1. The molecule has 21 heavy (non-hydrogen) atoms. The minimum atomic E-state index is -0.530. The van der Waals surface area contributed by atoms with Gasteiger partial charge in [0.2, 0.25) is 5.82 Å². The molecule has 0 bridgehead atoms. The Balaban J connectivity index is 1.79. The molecular weight excluding hydrogens is 270 g/mol. The molecule has 2 atom stereocenters. The summed E-state index contributed by atoms with van der Waals surface area (Å²) in [5, 5.41) is 14.2. The van der Waals surface area contributed by atoms with Gasteiger partial charge in [-0.2, -0.15) is 0 Å². The Morgan fingerprint density at radius 1 is 1.52 bits per heavy atom. The van der Waals surface area contributed by atoms with Gasteiger partial charge >= 0.3 is 0 Å². The smallest absolute Gasteiger partial charge is 0.293 e. The van der Waals surface area contributed by atoms with Gasteiger partial charge < -0.3 is 10.0 Å². The second kappa shape index (κ2) is 5.61. The number of nitrogens with zero attached hydrogens (tertiary/aromatic N) is 5. The summed E-state index contributed by atoms with van der Waals surface area (Å²) >= 11 is 0. The summed E-state index contributed by atoms with van der Waals surface area (Å²) in [5.74, 6) is -0.0659. The summed E-state index contributed by atoms with van der Waals surface area (Å²) in [6.45, 7) is 0.517. The molecule has 0 aliphatic carbocycles. The van der Waals surface area contributed by atoms with Crippen LogP contribution in [-0.4, -0.2) is 54.4 Å². The van der Waals surface area contributed by atoms with E-state index in [2.05, 4.69) is 15.1 Å². The molecule has 3 rings (SSSR count). The number of aromatic nitrogens is 4. The van der Waals surface area contributed by atoms with E-state index in [4.69, 9.17) is 0 Å². The molecular formula is C14H17N5O2. The third kappa shape index (κ3) is 2.78. The topological polar surface area (TPSA) is 84.1 Å². The largest absolute Gasteiger partial charge is 0.391 e. The number of hydrogen-bond acceptors (Lipinski definition) is 5. The van der Waals surface area contributed by atoms with E-state index in [1.54, 1.807) is 24.3 Å². The van der Waals surface area contributed by atoms with Crippen molar-refractivity contribution in [2.24, 2.45) is 7.05 Å². The second-order valence-electron chi connectivity index (χ2n) is 5.23. The summed E-state index contributed by atoms with van der Waals surface area (Å²) < 4.78 is 1.50. The quantitative estimate of drug-likeness (QED) is 0.861. The summed E-state index contributed by atoms with van der Waals surface area (Å²) in [7, 11) is 1.72. The number of likely N-dealkylation sites (tertiary alicyclic amines) is 1. The minimum absolute atomic E-state index is 0.169. The first-order chi connectivity index (χ1) is 10.1. The van der Waals surface area contributed by atoms with Crippen molar-refractivity contribution in [3.63, 3.8) is 0 Å². The van der Waals surface area contributed by atoms with Crippen molar-refractivity contribution in [1.29, 1.82) is 0 Å². The zero-order chi connectivity index (χ0) is 14.8. The lowest BCUT2D eigenvalue weighted by Gasteiger charge is -2.25. The molecule has 0 spiro atoms. The Labute approximate surface area is 122 Å². The van der Waals surface area contributed by atoms with Gasteiger partial charge in [0.05, 0.1) is 12.1 Å². The Morgan fingerprint density at radius 3 is 3.05 bits per heavy atom. The summed E-state index contributed by atoms with van der Waals surface area (Å²) in [4.78, 5) is 22.2. The van der Waals surface area contributed by atoms with Gasteiger partial charge in [-0.3, -0.25) is 14.5 Å². The molecule has 3 heterocycles. The van der Waals surface area contributed by atoms with Crippen molar-refractivity contribution in [3.8, 4) is 0 Å². The van der Waals surface area contributed by atoms with Gasteiger partial charge in [0.25, 0.3) is 5.91 Å². The average molecular weight is 287 g/mol. The van der Waals surface area contributed by atoms with Crippen molar-refractivity contribution in [2.75, 3.05) is 6.54 Å². The van der Waals surface area contributed by atoms with Crippen molar-refractivity contribution >= 4 is 5.91 Å². The molecule has 1 amide bonds. The van der Waals surface area contributed by atoms with Crippen molar-refractivity contribution < 1.29 is 9.90 Å². The van der Waals surface area contributed by atoms with Crippen LogP contribution in [0.5, 0.6) is 0 Å². The first-order valence-corrected chi connectivity index (χ1v) is 6.88. The van der Waals surface area contributed by atoms with E-state index in [1.165, 1.54) is 11.0 Å². The molecule has 1 saturated heterocycles. The van der Waals surface area contributed by atoms with Crippen molar-refractivity contribution in [1.82, 2.24) is 24.6 Å². The summed E-state index contributed by atoms with van der Waals surface area (Å²) in [6, 6.07) is 3.54. The fourth-order valence-corrected chi connectivity index (χ4v) is 2.66. The van der Waals surface area contributed by atoms with E-state index in [1.807, 2.05) is 12.1 Å². The van der Waals surface area contributed by atoms with Crippen LogP contribution in [0.25, 0.3) is 0 Å². The highest BCUT2D eigenvalue weighted by atomic mass is 16.3. The molecule has 2 aromatic rings. The molecule has 0 saturated carbocycles. The fraction of sp³-hybridized carbons (Fsp3) is 0.429. The van der Waals surface area contributed by atoms with Crippen LogP contribution in [0.15, 0.2) is 30.9 Å². The molecule has 1 fully saturated rings. The van der Waals surface area contributed by atoms with Crippen LogP contribution in [0.1, 0.15) is 22.6 Å². The number of aliphatic hydroxyl groups is 1. The van der Waals surface area contributed by atoms with Crippen LogP contribution >= 0.6 is 0 Å².